The van der Waals surface area contributed by atoms with Crippen LogP contribution in [-0.4, -0.2) is 51.2 Å². The second kappa shape index (κ2) is 7.23. The molecule has 3 aliphatic heterocycles. The minimum Gasteiger partial charge on any atom is -0.337 e. The van der Waals surface area contributed by atoms with Crippen LogP contribution >= 0.6 is 0 Å². The fourth-order valence-electron chi connectivity index (χ4n) is 4.27. The van der Waals surface area contributed by atoms with Crippen LogP contribution in [0.15, 0.2) is 42.7 Å². The third kappa shape index (κ3) is 3.54. The van der Waals surface area contributed by atoms with E-state index in [1.54, 1.807) is 6.20 Å². The Labute approximate surface area is 155 Å². The van der Waals surface area contributed by atoms with Crippen LogP contribution in [0.2, 0.25) is 0 Å². The van der Waals surface area contributed by atoms with Crippen molar-refractivity contribution in [3.8, 4) is 0 Å². The van der Waals surface area contributed by atoms with Crippen molar-refractivity contribution in [1.29, 1.82) is 0 Å². The lowest BCUT2D eigenvalue weighted by molar-refractivity contribution is 0.0736. The maximum absolute atomic E-state index is 13.0. The Bertz CT molecular complexity index is 754. The van der Waals surface area contributed by atoms with Gasteiger partial charge in [0.2, 0.25) is 0 Å². The van der Waals surface area contributed by atoms with Crippen molar-refractivity contribution in [2.24, 2.45) is 5.92 Å². The predicted octanol–water partition coefficient (Wildman–Crippen LogP) is 3.20. The summed E-state index contributed by atoms with van der Waals surface area (Å²) in [6.45, 7) is 7.93. The van der Waals surface area contributed by atoms with Crippen LogP contribution in [0.5, 0.6) is 0 Å². The van der Waals surface area contributed by atoms with Crippen LogP contribution in [0.3, 0.4) is 0 Å². The molecule has 0 radical (unpaired) electrons. The molecule has 3 aliphatic rings. The number of piperidine rings is 1. The average Bonchev–Trinajstić information content (AvgIpc) is 2.97. The fraction of sp³-hybridized carbons (Fsp3) is 0.524. The summed E-state index contributed by atoms with van der Waals surface area (Å²) in [5.74, 6) is 0.705. The molecule has 3 saturated heterocycles. The second-order valence-electron chi connectivity index (χ2n) is 8.03. The van der Waals surface area contributed by atoms with E-state index in [9.17, 15) is 4.79 Å². The van der Waals surface area contributed by atoms with Crippen molar-refractivity contribution >= 4 is 5.91 Å². The number of hydrogen-bond acceptors (Lipinski definition) is 3. The molecule has 1 amide bonds. The first-order chi connectivity index (χ1) is 12.6. The monoisotopic (exact) mass is 352 g/mol. The molecule has 0 unspecified atom stereocenters. The molecule has 0 N–H and O–H groups in total. The Morgan fingerprint density at radius 3 is 2.69 bits per heavy atom. The summed E-state index contributed by atoms with van der Waals surface area (Å²) in [6, 6.07) is 11.4. The van der Waals surface area contributed by atoms with E-state index in [1.807, 2.05) is 10.9 Å². The van der Waals surface area contributed by atoms with E-state index in [0.717, 1.165) is 31.7 Å². The van der Waals surface area contributed by atoms with Crippen LogP contribution in [0.1, 0.15) is 48.7 Å². The van der Waals surface area contributed by atoms with Crippen molar-refractivity contribution in [2.75, 3.05) is 19.6 Å². The summed E-state index contributed by atoms with van der Waals surface area (Å²) in [5.41, 5.74) is 2.07. The maximum Gasteiger partial charge on any atom is 0.257 e. The van der Waals surface area contributed by atoms with Crippen LogP contribution in [0.4, 0.5) is 0 Å². The van der Waals surface area contributed by atoms with E-state index in [4.69, 9.17) is 0 Å². The van der Waals surface area contributed by atoms with Gasteiger partial charge in [0, 0.05) is 44.5 Å². The van der Waals surface area contributed by atoms with Gasteiger partial charge in [-0.15, -0.1) is 0 Å². The fourth-order valence-corrected chi connectivity index (χ4v) is 4.27. The number of rotatable bonds is 4. The molecule has 0 spiro atoms. The molecule has 138 valence electrons. The topological polar surface area (TPSA) is 41.4 Å². The number of aromatic nitrogens is 2. The molecule has 3 fully saturated rings. The molecule has 4 heterocycles. The number of carbonyl (C=O) groups is 1. The summed E-state index contributed by atoms with van der Waals surface area (Å²) >= 11 is 0. The number of nitrogens with zero attached hydrogens (tertiary/aromatic N) is 4. The lowest BCUT2D eigenvalue weighted by Crippen LogP contribution is -2.43. The quantitative estimate of drug-likeness (QED) is 0.848. The SMILES string of the molecule is CC(C)n1cc(C(=O)N2C[C@@H]3CC[C@H](C2)N(Cc2ccccc2)C3)cn1. The summed E-state index contributed by atoms with van der Waals surface area (Å²) in [7, 11) is 0. The third-order valence-electron chi connectivity index (χ3n) is 5.72. The number of hydrogen-bond donors (Lipinski definition) is 0. The number of fused-ring (bicyclic) bond motifs is 4. The van der Waals surface area contributed by atoms with Gasteiger partial charge in [-0.3, -0.25) is 14.4 Å². The molecule has 1 aromatic heterocycles. The molecule has 2 bridgehead atoms. The van der Waals surface area contributed by atoms with Gasteiger partial charge in [0.1, 0.15) is 0 Å². The van der Waals surface area contributed by atoms with E-state index in [1.165, 1.54) is 18.4 Å². The third-order valence-corrected chi connectivity index (χ3v) is 5.72. The smallest absolute Gasteiger partial charge is 0.257 e. The first-order valence-corrected chi connectivity index (χ1v) is 9.71. The Morgan fingerprint density at radius 2 is 1.96 bits per heavy atom. The second-order valence-corrected chi connectivity index (χ2v) is 8.03. The average molecular weight is 352 g/mol. The molecule has 0 saturated carbocycles. The highest BCUT2D eigenvalue weighted by molar-refractivity contribution is 5.93. The molecular formula is C21H28N4O. The van der Waals surface area contributed by atoms with Gasteiger partial charge in [-0.2, -0.15) is 5.10 Å². The normalized spacial score (nSPS) is 23.4. The molecule has 26 heavy (non-hydrogen) atoms. The minimum atomic E-state index is 0.135. The van der Waals surface area contributed by atoms with E-state index >= 15 is 0 Å². The molecule has 2 aromatic rings. The number of carbonyl (C=O) groups excluding carboxylic acids is 1. The Morgan fingerprint density at radius 1 is 1.15 bits per heavy atom. The molecule has 2 atom stereocenters. The van der Waals surface area contributed by atoms with E-state index in [0.29, 0.717) is 12.0 Å². The zero-order valence-corrected chi connectivity index (χ0v) is 15.7. The highest BCUT2D eigenvalue weighted by atomic mass is 16.2. The minimum absolute atomic E-state index is 0.135. The maximum atomic E-state index is 13.0. The summed E-state index contributed by atoms with van der Waals surface area (Å²) in [5, 5.41) is 4.34. The van der Waals surface area contributed by atoms with Crippen LogP contribution < -0.4 is 0 Å². The van der Waals surface area contributed by atoms with Crippen molar-refractivity contribution < 1.29 is 4.79 Å². The van der Waals surface area contributed by atoms with E-state index < -0.39 is 0 Å². The highest BCUT2D eigenvalue weighted by Gasteiger charge is 2.36. The van der Waals surface area contributed by atoms with Gasteiger partial charge in [0.25, 0.3) is 5.91 Å². The number of benzene rings is 1. The van der Waals surface area contributed by atoms with Gasteiger partial charge in [-0.05, 0) is 38.2 Å². The highest BCUT2D eigenvalue weighted by Crippen LogP contribution is 2.30. The van der Waals surface area contributed by atoms with Crippen molar-refractivity contribution in [2.45, 2.75) is 45.3 Å². The Balaban J connectivity index is 1.47. The zero-order valence-electron chi connectivity index (χ0n) is 15.7. The van der Waals surface area contributed by atoms with Gasteiger partial charge in [-0.1, -0.05) is 30.3 Å². The molecule has 0 aliphatic carbocycles. The molecule has 5 nitrogen and oxygen atoms in total. The van der Waals surface area contributed by atoms with Gasteiger partial charge in [0.05, 0.1) is 11.8 Å². The standard InChI is InChI=1S/C21H28N4O/c1-16(2)25-14-19(10-22-25)21(26)24-13-18-8-9-20(15-24)23(12-18)11-17-6-4-3-5-7-17/h3-7,10,14,16,18,20H,8-9,11-13,15H2,1-2H3/t18-,20-/m1/s1. The first-order valence-electron chi connectivity index (χ1n) is 9.71. The van der Waals surface area contributed by atoms with Crippen LogP contribution in [0, 0.1) is 5.92 Å². The predicted molar refractivity (Wildman–Crippen MR) is 102 cm³/mol. The van der Waals surface area contributed by atoms with Crippen LogP contribution in [0.25, 0.3) is 0 Å². The van der Waals surface area contributed by atoms with Gasteiger partial charge < -0.3 is 4.90 Å². The largest absolute Gasteiger partial charge is 0.337 e. The van der Waals surface area contributed by atoms with Crippen molar-refractivity contribution in [3.63, 3.8) is 0 Å². The van der Waals surface area contributed by atoms with Gasteiger partial charge in [-0.25, -0.2) is 0 Å². The van der Waals surface area contributed by atoms with Gasteiger partial charge >= 0.3 is 0 Å². The number of amides is 1. The summed E-state index contributed by atoms with van der Waals surface area (Å²) in [6.07, 6.45) is 6.02. The molecule has 5 rings (SSSR count). The van der Waals surface area contributed by atoms with Crippen molar-refractivity contribution in [3.05, 3.63) is 53.9 Å². The first kappa shape index (κ1) is 17.3. The summed E-state index contributed by atoms with van der Waals surface area (Å²) < 4.78 is 1.86. The lowest BCUT2D eigenvalue weighted by atomic mass is 9.94. The Kier molecular flexibility index (Phi) is 4.81. The van der Waals surface area contributed by atoms with E-state index in [-0.39, 0.29) is 11.9 Å². The molecule has 5 heteroatoms. The van der Waals surface area contributed by atoms with Gasteiger partial charge in [0.15, 0.2) is 0 Å². The van der Waals surface area contributed by atoms with Crippen LogP contribution in [-0.2, 0) is 6.54 Å². The molecule has 1 aromatic carbocycles. The van der Waals surface area contributed by atoms with E-state index in [2.05, 4.69) is 59.1 Å². The van der Waals surface area contributed by atoms with Crippen molar-refractivity contribution in [1.82, 2.24) is 19.6 Å². The molecular weight excluding hydrogens is 324 g/mol. The Hall–Kier alpha value is -2.14. The lowest BCUT2D eigenvalue weighted by Gasteiger charge is -2.36. The summed E-state index contributed by atoms with van der Waals surface area (Å²) in [4.78, 5) is 17.7. The zero-order chi connectivity index (χ0) is 18.1.